The molecule has 1 saturated carbocycles. The summed E-state index contributed by atoms with van der Waals surface area (Å²) < 4.78 is 25.9. The van der Waals surface area contributed by atoms with Crippen molar-refractivity contribution in [1.29, 1.82) is 0 Å². The van der Waals surface area contributed by atoms with E-state index in [-0.39, 0.29) is 50.1 Å². The Kier molecular flexibility index (Phi) is 15.8. The number of oxime groups is 1. The van der Waals surface area contributed by atoms with Gasteiger partial charge in [-0.15, -0.1) is 29.9 Å². The van der Waals surface area contributed by atoms with Gasteiger partial charge in [0.2, 0.25) is 5.79 Å². The highest BCUT2D eigenvalue weighted by Gasteiger charge is 2.65. The van der Waals surface area contributed by atoms with Crippen LogP contribution in [0.2, 0.25) is 0 Å². The molecule has 1 fully saturated rings. The maximum Gasteiger partial charge on any atom is 0.410 e. The van der Waals surface area contributed by atoms with Crippen LogP contribution in [0.25, 0.3) is 0 Å². The Morgan fingerprint density at radius 1 is 1.11 bits per heavy atom. The van der Waals surface area contributed by atoms with E-state index in [1.807, 2.05) is 37.3 Å². The molecule has 53 heavy (non-hydrogen) atoms. The van der Waals surface area contributed by atoms with Gasteiger partial charge in [0.1, 0.15) is 30.8 Å². The van der Waals surface area contributed by atoms with Gasteiger partial charge in [0.25, 0.3) is 0 Å². The molecule has 3 aliphatic rings. The molecular weight excluding hydrogens is 716 g/mol. The Labute approximate surface area is 323 Å². The number of rotatable bonds is 21. The fourth-order valence-electron chi connectivity index (χ4n) is 8.15. The van der Waals surface area contributed by atoms with Gasteiger partial charge in [-0.2, -0.15) is 0 Å². The lowest BCUT2D eigenvalue weighted by atomic mass is 9.55. The predicted molar refractivity (Wildman–Crippen MR) is 209 cm³/mol. The van der Waals surface area contributed by atoms with E-state index >= 15 is 0 Å². The van der Waals surface area contributed by atoms with Gasteiger partial charge in [-0.05, 0) is 80.3 Å². The van der Waals surface area contributed by atoms with E-state index < -0.39 is 23.8 Å². The first-order valence-corrected chi connectivity index (χ1v) is 20.4. The predicted octanol–water partition coefficient (Wildman–Crippen LogP) is 7.82. The number of nitrogens with zero attached hydrogens (tertiary/aromatic N) is 2. The number of carbonyl (C=O) groups is 1. The van der Waals surface area contributed by atoms with Crippen LogP contribution in [-0.2, 0) is 14.3 Å². The smallest absolute Gasteiger partial charge is 0.410 e. The summed E-state index contributed by atoms with van der Waals surface area (Å²) in [5.41, 5.74) is 2.73. The first-order valence-electron chi connectivity index (χ1n) is 18.9. The summed E-state index contributed by atoms with van der Waals surface area (Å²) in [6.45, 7) is 7.25. The number of fused-ring (bicyclic) bond motifs is 2. The minimum absolute atomic E-state index is 0.0633. The van der Waals surface area contributed by atoms with E-state index in [9.17, 15) is 15.0 Å². The molecule has 2 aromatic rings. The molecule has 290 valence electrons. The average molecular weight is 771 g/mol. The van der Waals surface area contributed by atoms with Gasteiger partial charge in [0, 0.05) is 48.8 Å². The topological polar surface area (TPSA) is 119 Å². The van der Waals surface area contributed by atoms with Crippen molar-refractivity contribution in [2.24, 2.45) is 22.9 Å². The Balaban J connectivity index is 1.64. The second-order valence-electron chi connectivity index (χ2n) is 13.6. The van der Waals surface area contributed by atoms with Crippen LogP contribution in [0.3, 0.4) is 0 Å². The van der Waals surface area contributed by atoms with E-state index in [4.69, 9.17) is 35.4 Å². The number of amides is 1. The van der Waals surface area contributed by atoms with Crippen LogP contribution < -0.4 is 9.47 Å². The van der Waals surface area contributed by atoms with Crippen LogP contribution in [0.15, 0.2) is 82.9 Å². The Bertz CT molecular complexity index is 1540. The summed E-state index contributed by atoms with van der Waals surface area (Å²) in [6.07, 6.45) is 8.59. The zero-order valence-electron chi connectivity index (χ0n) is 31.0. The van der Waals surface area contributed by atoms with Crippen LogP contribution in [0, 0.1) is 17.8 Å². The molecule has 2 aliphatic carbocycles. The highest BCUT2D eigenvalue weighted by molar-refractivity contribution is 7.99. The lowest BCUT2D eigenvalue weighted by Crippen LogP contribution is -2.69. The van der Waals surface area contributed by atoms with Crippen molar-refractivity contribution in [1.82, 2.24) is 4.90 Å². The molecule has 1 heterocycles. The monoisotopic (exact) mass is 770 g/mol. The van der Waals surface area contributed by atoms with E-state index in [0.29, 0.717) is 38.2 Å². The molecule has 0 saturated heterocycles. The van der Waals surface area contributed by atoms with Gasteiger partial charge in [-0.3, -0.25) is 0 Å². The molecule has 0 aromatic heterocycles. The fourth-order valence-corrected chi connectivity index (χ4v) is 8.98. The Morgan fingerprint density at radius 3 is 2.60 bits per heavy atom. The number of thioether (sulfide) groups is 1. The maximum atomic E-state index is 13.6. The summed E-state index contributed by atoms with van der Waals surface area (Å²) in [7, 11) is 1.70. The van der Waals surface area contributed by atoms with E-state index in [1.54, 1.807) is 29.8 Å². The Morgan fingerprint density at radius 2 is 1.89 bits per heavy atom. The quantitative estimate of drug-likeness (QED) is 0.0431. The molecule has 2 N–H and O–H groups in total. The molecule has 0 bridgehead atoms. The molecule has 12 heteroatoms. The maximum absolute atomic E-state index is 13.6. The number of aliphatic hydroxyl groups is 2. The molecule has 0 radical (unpaired) electrons. The van der Waals surface area contributed by atoms with Gasteiger partial charge in [-0.1, -0.05) is 48.3 Å². The second-order valence-corrected chi connectivity index (χ2v) is 15.2. The lowest BCUT2D eigenvalue weighted by Gasteiger charge is -2.59. The Hall–Kier alpha value is -3.22. The van der Waals surface area contributed by atoms with Crippen LogP contribution in [-0.4, -0.2) is 97.1 Å². The van der Waals surface area contributed by atoms with Gasteiger partial charge in [-0.25, -0.2) is 4.79 Å². The minimum Gasteiger partial charge on any atom is -0.493 e. The van der Waals surface area contributed by atoms with Crippen LogP contribution in [0.4, 0.5) is 4.79 Å². The SMILES string of the molecule is C=CCOC12Oc3ccc(OCCSc4ccccc4)cc3C3C(CCCCO)C(CCCCO)C=C(C(=NOCC)CC1N(C)C(=O)OCCCl)C32. The first kappa shape index (κ1) is 41.0. The summed E-state index contributed by atoms with van der Waals surface area (Å²) in [6, 6.07) is 15.6. The third kappa shape index (κ3) is 9.72. The van der Waals surface area contributed by atoms with Crippen molar-refractivity contribution < 1.29 is 38.8 Å². The molecule has 1 amide bonds. The van der Waals surface area contributed by atoms with E-state index in [1.165, 1.54) is 4.90 Å². The average Bonchev–Trinajstić information content (AvgIpc) is 3.18. The van der Waals surface area contributed by atoms with Crippen LogP contribution >= 0.6 is 23.4 Å². The van der Waals surface area contributed by atoms with Gasteiger partial charge in [0.15, 0.2) is 0 Å². The molecule has 5 rings (SSSR count). The molecule has 6 atom stereocenters. The van der Waals surface area contributed by atoms with Crippen molar-refractivity contribution in [3.05, 3.63) is 78.4 Å². The van der Waals surface area contributed by atoms with Crippen molar-refractivity contribution in [2.45, 2.75) is 74.5 Å². The molecule has 2 aromatic carbocycles. The number of ether oxygens (including phenoxy) is 4. The van der Waals surface area contributed by atoms with Crippen LogP contribution in [0.1, 0.15) is 63.4 Å². The minimum atomic E-state index is -1.34. The summed E-state index contributed by atoms with van der Waals surface area (Å²) in [4.78, 5) is 22.1. The zero-order chi connectivity index (χ0) is 37.6. The highest BCUT2D eigenvalue weighted by atomic mass is 35.5. The van der Waals surface area contributed by atoms with Crippen molar-refractivity contribution in [2.75, 3.05) is 58.3 Å². The largest absolute Gasteiger partial charge is 0.493 e. The third-order valence-corrected chi connectivity index (χ3v) is 11.5. The highest BCUT2D eigenvalue weighted by Crippen LogP contribution is 2.61. The van der Waals surface area contributed by atoms with Crippen molar-refractivity contribution in [3.63, 3.8) is 0 Å². The number of likely N-dealkylation sites (N-methyl/N-ethyl adjacent to an activating group) is 1. The molecule has 1 aliphatic heterocycles. The number of allylic oxidation sites excluding steroid dienone is 1. The van der Waals surface area contributed by atoms with Gasteiger partial charge < -0.3 is 38.9 Å². The molecule has 0 spiro atoms. The van der Waals surface area contributed by atoms with Crippen molar-refractivity contribution >= 4 is 35.2 Å². The number of aliphatic hydroxyl groups excluding tert-OH is 2. The molecule has 10 nitrogen and oxygen atoms in total. The van der Waals surface area contributed by atoms with E-state index in [0.717, 1.165) is 54.0 Å². The zero-order valence-corrected chi connectivity index (χ0v) is 32.6. The number of unbranched alkanes of at least 4 members (excludes halogenated alkanes) is 2. The van der Waals surface area contributed by atoms with Gasteiger partial charge in [0.05, 0.1) is 30.7 Å². The lowest BCUT2D eigenvalue weighted by molar-refractivity contribution is -0.253. The second kappa shape index (κ2) is 20.5. The van der Waals surface area contributed by atoms with Gasteiger partial charge >= 0.3 is 6.09 Å². The number of halogens is 1. The third-order valence-electron chi connectivity index (χ3n) is 10.4. The summed E-state index contributed by atoms with van der Waals surface area (Å²) in [5, 5.41) is 24.2. The first-order chi connectivity index (χ1) is 25.9. The van der Waals surface area contributed by atoms with E-state index in [2.05, 4.69) is 36.0 Å². The molecular formula is C41H55ClN2O8S. The fraction of sp³-hybridized carbons (Fsp3) is 0.561. The van der Waals surface area contributed by atoms with Crippen molar-refractivity contribution in [3.8, 4) is 11.5 Å². The number of hydrogen-bond acceptors (Lipinski definition) is 10. The van der Waals surface area contributed by atoms with Crippen LogP contribution in [0.5, 0.6) is 11.5 Å². The standard InChI is InChI=1S/C41H55ClN2O8S/c1-4-22-50-41-37(44(3)40(47)49-23-19-42)28-35(43-51-5-2)33-26-29(13-9-11-20-45)32(16-10-12-21-46)38(39(33)41)34-27-30(17-18-36(34)52-41)48-24-25-53-31-14-7-6-8-15-31/h4,6-8,14-15,17-18,26-27,29,32,37-39,45-46H,1,5,9-13,16,19-25,28H2,2-3H3. The normalized spacial score (nSPS) is 25.0. The number of benzene rings is 2. The number of carbonyl (C=O) groups excluding carboxylic acids is 1. The number of alkyl halides is 1. The summed E-state index contributed by atoms with van der Waals surface area (Å²) >= 11 is 7.66. The number of hydrogen-bond donors (Lipinski definition) is 2. The molecule has 6 unspecified atom stereocenters. The summed E-state index contributed by atoms with van der Waals surface area (Å²) in [5.74, 6) is 0.770.